The summed E-state index contributed by atoms with van der Waals surface area (Å²) < 4.78 is 5.58. The minimum Gasteiger partial charge on any atom is -0.484 e. The first-order valence-electron chi connectivity index (χ1n) is 11.3. The highest BCUT2D eigenvalue weighted by Gasteiger charge is 2.14. The molecule has 35 heavy (non-hydrogen) atoms. The highest BCUT2D eigenvalue weighted by atomic mass is 16.5. The van der Waals surface area contributed by atoms with Crippen molar-refractivity contribution in [3.8, 4) is 17.1 Å². The van der Waals surface area contributed by atoms with E-state index in [-0.39, 0.29) is 25.0 Å². The average molecular weight is 471 g/mol. The van der Waals surface area contributed by atoms with Crippen LogP contribution in [0.2, 0.25) is 0 Å². The maximum atomic E-state index is 12.5. The van der Waals surface area contributed by atoms with E-state index < -0.39 is 0 Å². The lowest BCUT2D eigenvalue weighted by Gasteiger charge is -2.10. The molecule has 0 atom stereocenters. The van der Waals surface area contributed by atoms with Gasteiger partial charge in [-0.15, -0.1) is 10.2 Å². The standard InChI is InChI=1S/C26H26N6O3/c1-3-19-10-14-21(15-11-19)35-17-25(34)28-23-7-5-4-6-22(23)26-29-31-32(30-26)16-24(33)27-20-12-8-18(2)9-13-20/h4-15H,3,16-17H2,1-2H3,(H,27,33)(H,28,34). The third kappa shape index (κ3) is 6.50. The third-order valence-electron chi connectivity index (χ3n) is 5.22. The fourth-order valence-corrected chi connectivity index (χ4v) is 3.33. The Hall–Kier alpha value is -4.53. The predicted octanol–water partition coefficient (Wildman–Crippen LogP) is 3.87. The Morgan fingerprint density at radius 1 is 0.914 bits per heavy atom. The number of carbonyl (C=O) groups is 2. The third-order valence-corrected chi connectivity index (χ3v) is 5.22. The summed E-state index contributed by atoms with van der Waals surface area (Å²) in [5, 5.41) is 18.0. The fourth-order valence-electron chi connectivity index (χ4n) is 3.33. The zero-order valence-corrected chi connectivity index (χ0v) is 19.6. The number of nitrogens with zero attached hydrogens (tertiary/aromatic N) is 4. The Kier molecular flexibility index (Phi) is 7.47. The minimum atomic E-state index is -0.318. The van der Waals surface area contributed by atoms with Crippen molar-refractivity contribution in [2.75, 3.05) is 17.2 Å². The van der Waals surface area contributed by atoms with Gasteiger partial charge < -0.3 is 15.4 Å². The van der Waals surface area contributed by atoms with Gasteiger partial charge in [0, 0.05) is 11.3 Å². The Bertz CT molecular complexity index is 1300. The van der Waals surface area contributed by atoms with Crippen molar-refractivity contribution in [3.05, 3.63) is 83.9 Å². The topological polar surface area (TPSA) is 111 Å². The van der Waals surface area contributed by atoms with Crippen LogP contribution in [0.5, 0.6) is 5.75 Å². The number of aromatic nitrogens is 4. The van der Waals surface area contributed by atoms with E-state index in [1.54, 1.807) is 18.2 Å². The normalized spacial score (nSPS) is 10.6. The molecule has 0 saturated heterocycles. The van der Waals surface area contributed by atoms with Gasteiger partial charge in [0.25, 0.3) is 5.91 Å². The van der Waals surface area contributed by atoms with Crippen molar-refractivity contribution in [1.29, 1.82) is 0 Å². The summed E-state index contributed by atoms with van der Waals surface area (Å²) in [5.41, 5.74) is 4.10. The molecule has 178 valence electrons. The second kappa shape index (κ2) is 11.1. The van der Waals surface area contributed by atoms with Crippen LogP contribution in [-0.4, -0.2) is 38.6 Å². The first-order valence-corrected chi connectivity index (χ1v) is 11.3. The van der Waals surface area contributed by atoms with Gasteiger partial charge in [-0.05, 0) is 60.5 Å². The number of hydrogen-bond acceptors (Lipinski definition) is 6. The summed E-state index contributed by atoms with van der Waals surface area (Å²) in [6.45, 7) is 3.82. The van der Waals surface area contributed by atoms with Crippen LogP contribution >= 0.6 is 0 Å². The maximum absolute atomic E-state index is 12.5. The van der Waals surface area contributed by atoms with Gasteiger partial charge in [0.2, 0.25) is 11.7 Å². The summed E-state index contributed by atoms with van der Waals surface area (Å²) in [4.78, 5) is 26.0. The molecule has 2 amide bonds. The van der Waals surface area contributed by atoms with E-state index in [4.69, 9.17) is 4.74 Å². The molecule has 0 aliphatic heterocycles. The van der Waals surface area contributed by atoms with Gasteiger partial charge in [0.15, 0.2) is 6.61 Å². The summed E-state index contributed by atoms with van der Waals surface area (Å²) in [7, 11) is 0. The molecule has 0 fully saturated rings. The van der Waals surface area contributed by atoms with Crippen LogP contribution in [0.1, 0.15) is 18.1 Å². The van der Waals surface area contributed by atoms with E-state index in [2.05, 4.69) is 33.0 Å². The van der Waals surface area contributed by atoms with E-state index in [0.29, 0.717) is 28.5 Å². The number of rotatable bonds is 9. The molecular formula is C26H26N6O3. The SMILES string of the molecule is CCc1ccc(OCC(=O)Nc2ccccc2-c2nnn(CC(=O)Nc3ccc(C)cc3)n2)cc1. The number of ether oxygens (including phenoxy) is 1. The number of anilines is 2. The van der Waals surface area contributed by atoms with E-state index >= 15 is 0 Å². The molecule has 0 aliphatic carbocycles. The first-order chi connectivity index (χ1) is 17.0. The molecular weight excluding hydrogens is 444 g/mol. The molecule has 0 aliphatic rings. The molecule has 1 aromatic heterocycles. The highest BCUT2D eigenvalue weighted by molar-refractivity contribution is 5.95. The average Bonchev–Trinajstić information content (AvgIpc) is 3.33. The number of carbonyl (C=O) groups excluding carboxylic acids is 2. The predicted molar refractivity (Wildman–Crippen MR) is 133 cm³/mol. The molecule has 9 heteroatoms. The van der Waals surface area contributed by atoms with Crippen molar-refractivity contribution in [2.45, 2.75) is 26.8 Å². The fraction of sp³-hybridized carbons (Fsp3) is 0.192. The lowest BCUT2D eigenvalue weighted by molar-refractivity contribution is -0.118. The van der Waals surface area contributed by atoms with Crippen molar-refractivity contribution in [1.82, 2.24) is 20.2 Å². The smallest absolute Gasteiger partial charge is 0.262 e. The Morgan fingerprint density at radius 3 is 2.40 bits per heavy atom. The first kappa shape index (κ1) is 23.6. The van der Waals surface area contributed by atoms with Crippen LogP contribution in [-0.2, 0) is 22.6 Å². The summed E-state index contributed by atoms with van der Waals surface area (Å²) in [6.07, 6.45) is 0.938. The van der Waals surface area contributed by atoms with Gasteiger partial charge in [0.1, 0.15) is 12.3 Å². The zero-order valence-electron chi connectivity index (χ0n) is 19.6. The largest absolute Gasteiger partial charge is 0.484 e. The minimum absolute atomic E-state index is 0.0972. The van der Waals surface area contributed by atoms with Gasteiger partial charge in [0.05, 0.1) is 5.69 Å². The van der Waals surface area contributed by atoms with Gasteiger partial charge in [-0.3, -0.25) is 9.59 Å². The number of benzene rings is 3. The molecule has 4 aromatic rings. The molecule has 2 N–H and O–H groups in total. The number of amides is 2. The van der Waals surface area contributed by atoms with Crippen molar-refractivity contribution < 1.29 is 14.3 Å². The summed E-state index contributed by atoms with van der Waals surface area (Å²) in [6, 6.07) is 22.2. The van der Waals surface area contributed by atoms with Crippen LogP contribution in [0.15, 0.2) is 72.8 Å². The van der Waals surface area contributed by atoms with Gasteiger partial charge in [-0.1, -0.05) is 48.9 Å². The number of para-hydroxylation sites is 1. The van der Waals surface area contributed by atoms with Crippen molar-refractivity contribution in [2.24, 2.45) is 0 Å². The van der Waals surface area contributed by atoms with Crippen LogP contribution in [0.4, 0.5) is 11.4 Å². The molecule has 0 radical (unpaired) electrons. The maximum Gasteiger partial charge on any atom is 0.262 e. The molecule has 0 bridgehead atoms. The lowest BCUT2D eigenvalue weighted by Crippen LogP contribution is -2.21. The molecule has 9 nitrogen and oxygen atoms in total. The summed E-state index contributed by atoms with van der Waals surface area (Å²) >= 11 is 0. The second-order valence-corrected chi connectivity index (χ2v) is 7.94. The van der Waals surface area contributed by atoms with E-state index in [1.165, 1.54) is 10.4 Å². The number of aryl methyl sites for hydroxylation is 2. The second-order valence-electron chi connectivity index (χ2n) is 7.94. The van der Waals surface area contributed by atoms with E-state index in [0.717, 1.165) is 12.0 Å². The molecule has 0 unspecified atom stereocenters. The van der Waals surface area contributed by atoms with E-state index in [1.807, 2.05) is 61.5 Å². The van der Waals surface area contributed by atoms with Crippen LogP contribution in [0, 0.1) is 6.92 Å². The van der Waals surface area contributed by atoms with Gasteiger partial charge in [-0.25, -0.2) is 0 Å². The molecule has 3 aromatic carbocycles. The number of nitrogens with one attached hydrogen (secondary N) is 2. The van der Waals surface area contributed by atoms with E-state index in [9.17, 15) is 9.59 Å². The van der Waals surface area contributed by atoms with Crippen molar-refractivity contribution >= 4 is 23.2 Å². The van der Waals surface area contributed by atoms with Gasteiger partial charge >= 0.3 is 0 Å². The lowest BCUT2D eigenvalue weighted by atomic mass is 10.1. The Balaban J connectivity index is 1.37. The monoisotopic (exact) mass is 470 g/mol. The van der Waals surface area contributed by atoms with Crippen LogP contribution in [0.25, 0.3) is 11.4 Å². The van der Waals surface area contributed by atoms with Crippen LogP contribution in [0.3, 0.4) is 0 Å². The number of hydrogen-bond donors (Lipinski definition) is 2. The molecule has 1 heterocycles. The Labute approximate surface area is 203 Å². The quantitative estimate of drug-likeness (QED) is 0.384. The number of tetrazole rings is 1. The molecule has 0 spiro atoms. The highest BCUT2D eigenvalue weighted by Crippen LogP contribution is 2.24. The van der Waals surface area contributed by atoms with Crippen LogP contribution < -0.4 is 15.4 Å². The molecule has 0 saturated carbocycles. The van der Waals surface area contributed by atoms with Gasteiger partial charge in [-0.2, -0.15) is 4.80 Å². The zero-order chi connectivity index (χ0) is 24.6. The van der Waals surface area contributed by atoms with Crippen molar-refractivity contribution in [3.63, 3.8) is 0 Å². The Morgan fingerprint density at radius 2 is 1.66 bits per heavy atom. The molecule has 4 rings (SSSR count). The summed E-state index contributed by atoms with van der Waals surface area (Å²) in [5.74, 6) is 0.324.